The van der Waals surface area contributed by atoms with Crippen molar-refractivity contribution >= 4 is 5.97 Å². The molecule has 10 nitrogen and oxygen atoms in total. The van der Waals surface area contributed by atoms with E-state index in [1.807, 2.05) is 0 Å². The van der Waals surface area contributed by atoms with E-state index in [0.717, 1.165) is 12.1 Å². The van der Waals surface area contributed by atoms with Gasteiger partial charge in [-0.2, -0.15) is 0 Å². The second-order valence-electron chi connectivity index (χ2n) is 5.00. The molecule has 10 heteroatoms. The highest BCUT2D eigenvalue weighted by Gasteiger charge is 2.43. The van der Waals surface area contributed by atoms with Crippen LogP contribution >= 0.6 is 0 Å². The number of carbonyl (C=O) groups is 1. The first-order valence-corrected chi connectivity index (χ1v) is 6.52. The van der Waals surface area contributed by atoms with E-state index in [1.165, 1.54) is 0 Å². The zero-order chi connectivity index (χ0) is 17.3. The molecule has 0 aliphatic carbocycles. The van der Waals surface area contributed by atoms with Crippen LogP contribution in [0.3, 0.4) is 0 Å². The number of aliphatic hydroxyl groups is 4. The molecular formula is C13H16O10. The number of aliphatic hydroxyl groups excluding tert-OH is 4. The molecule has 1 aliphatic rings. The third-order valence-electron chi connectivity index (χ3n) is 3.37. The van der Waals surface area contributed by atoms with Gasteiger partial charge >= 0.3 is 5.97 Å². The number of phenols is 3. The summed E-state index contributed by atoms with van der Waals surface area (Å²) in [4.78, 5) is 11.8. The van der Waals surface area contributed by atoms with Crippen LogP contribution in [-0.2, 0) is 9.47 Å². The Kier molecular flexibility index (Phi) is 4.92. The first-order valence-electron chi connectivity index (χ1n) is 6.52. The maximum atomic E-state index is 11.8. The van der Waals surface area contributed by atoms with Gasteiger partial charge in [-0.1, -0.05) is 0 Å². The van der Waals surface area contributed by atoms with Gasteiger partial charge in [0.15, 0.2) is 23.5 Å². The van der Waals surface area contributed by atoms with Gasteiger partial charge in [0.25, 0.3) is 0 Å². The molecule has 0 saturated carbocycles. The molecule has 1 fully saturated rings. The fourth-order valence-electron chi connectivity index (χ4n) is 2.03. The van der Waals surface area contributed by atoms with E-state index >= 15 is 0 Å². The van der Waals surface area contributed by atoms with Gasteiger partial charge < -0.3 is 45.2 Å². The van der Waals surface area contributed by atoms with Crippen LogP contribution in [0.25, 0.3) is 0 Å². The highest BCUT2D eigenvalue weighted by atomic mass is 16.6. The summed E-state index contributed by atoms with van der Waals surface area (Å²) < 4.78 is 9.60. The number of hydrogen-bond donors (Lipinski definition) is 7. The fraction of sp³-hybridized carbons (Fsp3) is 0.462. The molecule has 0 bridgehead atoms. The number of aromatic hydroxyl groups is 3. The molecule has 1 aromatic carbocycles. The van der Waals surface area contributed by atoms with Gasteiger partial charge in [0, 0.05) is 0 Å². The Labute approximate surface area is 129 Å². The Morgan fingerprint density at radius 2 is 1.57 bits per heavy atom. The van der Waals surface area contributed by atoms with E-state index in [-0.39, 0.29) is 5.56 Å². The van der Waals surface area contributed by atoms with Crippen molar-refractivity contribution in [1.82, 2.24) is 0 Å². The lowest BCUT2D eigenvalue weighted by Gasteiger charge is -2.37. The smallest absolute Gasteiger partial charge is 0.338 e. The average Bonchev–Trinajstić information content (AvgIpc) is 2.51. The third kappa shape index (κ3) is 3.46. The molecule has 7 N–H and O–H groups in total. The molecule has 0 amide bonds. The van der Waals surface area contributed by atoms with Gasteiger partial charge in [-0.3, -0.25) is 0 Å². The number of phenolic OH excluding ortho intramolecular Hbond substituents is 3. The summed E-state index contributed by atoms with van der Waals surface area (Å²) in [5, 5.41) is 65.6. The van der Waals surface area contributed by atoms with Crippen LogP contribution in [-0.4, -0.2) is 79.0 Å². The Bertz CT molecular complexity index is 565. The largest absolute Gasteiger partial charge is 0.504 e. The summed E-state index contributed by atoms with van der Waals surface area (Å²) in [5.41, 5.74) is -0.288. The van der Waals surface area contributed by atoms with E-state index < -0.39 is 60.5 Å². The van der Waals surface area contributed by atoms with Crippen molar-refractivity contribution in [1.29, 1.82) is 0 Å². The predicted molar refractivity (Wildman–Crippen MR) is 70.6 cm³/mol. The second-order valence-corrected chi connectivity index (χ2v) is 5.00. The monoisotopic (exact) mass is 332 g/mol. The minimum Gasteiger partial charge on any atom is -0.504 e. The van der Waals surface area contributed by atoms with Crippen molar-refractivity contribution in [2.75, 3.05) is 6.61 Å². The summed E-state index contributed by atoms with van der Waals surface area (Å²) in [5.74, 6) is -3.30. The molecule has 1 saturated heterocycles. The first-order chi connectivity index (χ1) is 10.7. The van der Waals surface area contributed by atoms with E-state index in [0.29, 0.717) is 0 Å². The molecule has 0 unspecified atom stereocenters. The van der Waals surface area contributed by atoms with Crippen molar-refractivity contribution in [2.45, 2.75) is 30.7 Å². The zero-order valence-electron chi connectivity index (χ0n) is 11.6. The Balaban J connectivity index is 2.02. The van der Waals surface area contributed by atoms with Crippen molar-refractivity contribution in [3.63, 3.8) is 0 Å². The van der Waals surface area contributed by atoms with Crippen LogP contribution in [0, 0.1) is 0 Å². The number of esters is 1. The van der Waals surface area contributed by atoms with Crippen LogP contribution in [0.2, 0.25) is 0 Å². The van der Waals surface area contributed by atoms with Crippen LogP contribution in [0.4, 0.5) is 0 Å². The van der Waals surface area contributed by atoms with Crippen LogP contribution in [0.5, 0.6) is 17.2 Å². The number of benzene rings is 1. The number of carbonyl (C=O) groups excluding carboxylic acids is 1. The zero-order valence-corrected chi connectivity index (χ0v) is 11.6. The minimum absolute atomic E-state index is 0.288. The minimum atomic E-state index is -1.76. The van der Waals surface area contributed by atoms with Gasteiger partial charge in [0.1, 0.15) is 31.0 Å². The Hall–Kier alpha value is -2.11. The van der Waals surface area contributed by atoms with Crippen molar-refractivity contribution in [3.05, 3.63) is 17.7 Å². The summed E-state index contributed by atoms with van der Waals surface area (Å²) in [7, 11) is 0. The molecule has 128 valence electrons. The number of hydrogen-bond acceptors (Lipinski definition) is 10. The number of rotatable bonds is 3. The molecule has 23 heavy (non-hydrogen) atoms. The molecule has 5 atom stereocenters. The van der Waals surface area contributed by atoms with E-state index in [9.17, 15) is 40.5 Å². The molecule has 0 aromatic heterocycles. The first kappa shape index (κ1) is 17.2. The quantitative estimate of drug-likeness (QED) is 0.236. The van der Waals surface area contributed by atoms with Gasteiger partial charge in [-0.15, -0.1) is 0 Å². The van der Waals surface area contributed by atoms with Crippen LogP contribution in [0.15, 0.2) is 12.1 Å². The topological polar surface area (TPSA) is 177 Å². The maximum absolute atomic E-state index is 11.8. The summed E-state index contributed by atoms with van der Waals surface area (Å²) in [6.45, 7) is -0.580. The highest BCUT2D eigenvalue weighted by molar-refractivity contribution is 5.91. The predicted octanol–water partition coefficient (Wildman–Crippen LogP) is -2.24. The summed E-state index contributed by atoms with van der Waals surface area (Å²) in [6.07, 6.45) is -8.07. The van der Waals surface area contributed by atoms with Crippen LogP contribution in [0.1, 0.15) is 10.4 Å². The molecule has 2 rings (SSSR count). The van der Waals surface area contributed by atoms with Crippen LogP contribution < -0.4 is 0 Å². The van der Waals surface area contributed by atoms with Gasteiger partial charge in [-0.05, 0) is 12.1 Å². The molecule has 1 heterocycles. The molecular weight excluding hydrogens is 316 g/mol. The Morgan fingerprint density at radius 1 is 1.00 bits per heavy atom. The van der Waals surface area contributed by atoms with E-state index in [2.05, 4.69) is 0 Å². The second kappa shape index (κ2) is 6.56. The Morgan fingerprint density at radius 3 is 2.13 bits per heavy atom. The lowest BCUT2D eigenvalue weighted by Crippen LogP contribution is -2.58. The van der Waals surface area contributed by atoms with E-state index in [1.54, 1.807) is 0 Å². The summed E-state index contributed by atoms with van der Waals surface area (Å²) >= 11 is 0. The van der Waals surface area contributed by atoms with Crippen molar-refractivity contribution in [3.8, 4) is 17.2 Å². The molecule has 0 spiro atoms. The number of ether oxygens (including phenoxy) is 2. The fourth-order valence-corrected chi connectivity index (χ4v) is 2.03. The average molecular weight is 332 g/mol. The molecule has 1 aliphatic heterocycles. The van der Waals surface area contributed by atoms with Gasteiger partial charge in [0.05, 0.1) is 5.56 Å². The SMILES string of the molecule is O=C(OC[C@H]1O[C@@H](O)[C@H](O)[C@@H](O)[C@@H]1O)c1cc(O)c(O)c(O)c1. The normalized spacial score (nSPS) is 30.9. The molecule has 1 aromatic rings. The maximum Gasteiger partial charge on any atom is 0.338 e. The third-order valence-corrected chi connectivity index (χ3v) is 3.37. The standard InChI is InChI=1S/C13H16O10/c14-5-1-4(2-6(15)8(5)16)12(20)22-3-7-9(17)10(18)11(19)13(21)23-7/h1-2,7,9-11,13-19,21H,3H2/t7-,9-,10+,11-,13-/m1/s1. The lowest BCUT2D eigenvalue weighted by atomic mass is 9.99. The van der Waals surface area contributed by atoms with Gasteiger partial charge in [0.2, 0.25) is 0 Å². The van der Waals surface area contributed by atoms with Gasteiger partial charge in [-0.25, -0.2) is 4.79 Å². The lowest BCUT2D eigenvalue weighted by molar-refractivity contribution is -0.286. The van der Waals surface area contributed by atoms with Crippen molar-refractivity contribution < 1.29 is 50.0 Å². The highest BCUT2D eigenvalue weighted by Crippen LogP contribution is 2.35. The van der Waals surface area contributed by atoms with E-state index in [4.69, 9.17) is 9.47 Å². The summed E-state index contributed by atoms with van der Waals surface area (Å²) in [6, 6.07) is 1.70. The molecule has 0 radical (unpaired) electrons. The van der Waals surface area contributed by atoms with Crippen molar-refractivity contribution in [2.24, 2.45) is 0 Å².